The summed E-state index contributed by atoms with van der Waals surface area (Å²) in [6.45, 7) is 14.2. The van der Waals surface area contributed by atoms with Crippen LogP contribution in [0, 0.1) is 25.5 Å². The number of aryl methyl sites for hydroxylation is 2. The maximum atomic E-state index is 14.0. The van der Waals surface area contributed by atoms with Gasteiger partial charge in [0.2, 0.25) is 12.3 Å². The highest BCUT2D eigenvalue weighted by Gasteiger charge is 2.15. The third kappa shape index (κ3) is 10.9. The molecular weight excluding hydrogens is 700 g/mol. The second-order valence-corrected chi connectivity index (χ2v) is 13.1. The lowest BCUT2D eigenvalue weighted by Gasteiger charge is -2.26. The van der Waals surface area contributed by atoms with E-state index in [1.807, 2.05) is 25.1 Å². The van der Waals surface area contributed by atoms with Crippen LogP contribution in [0.15, 0.2) is 77.8 Å². The highest BCUT2D eigenvalue weighted by Crippen LogP contribution is 2.27. The number of amides is 1. The fourth-order valence-corrected chi connectivity index (χ4v) is 5.79. The Morgan fingerprint density at radius 3 is 2.60 bits per heavy atom. The molecule has 1 saturated heterocycles. The molecule has 2 aliphatic heterocycles. The van der Waals surface area contributed by atoms with Crippen molar-refractivity contribution in [1.82, 2.24) is 20.1 Å². The van der Waals surface area contributed by atoms with E-state index in [-0.39, 0.29) is 18.1 Å². The smallest absolute Gasteiger partial charge is 0.214 e. The third-order valence-corrected chi connectivity index (χ3v) is 9.02. The van der Waals surface area contributed by atoms with Crippen molar-refractivity contribution in [2.75, 3.05) is 43.4 Å². The lowest BCUT2D eigenvalue weighted by molar-refractivity contribution is -0.105. The number of aliphatic imine (C=N–C) groups is 1. The Balaban J connectivity index is 0.000000231. The predicted octanol–water partition coefficient (Wildman–Crippen LogP) is 8.67. The molecule has 1 atom stereocenters. The summed E-state index contributed by atoms with van der Waals surface area (Å²) in [5.74, 6) is -0.363. The van der Waals surface area contributed by atoms with Crippen LogP contribution in [0.4, 0.5) is 25.8 Å². The van der Waals surface area contributed by atoms with Gasteiger partial charge in [-0.05, 0) is 93.9 Å². The number of nitrogens with one attached hydrogen (secondary N) is 3. The van der Waals surface area contributed by atoms with Crippen LogP contribution >= 0.6 is 11.6 Å². The number of rotatable bonds is 11. The summed E-state index contributed by atoms with van der Waals surface area (Å²) in [6.07, 6.45) is 5.40. The molecule has 1 fully saturated rings. The van der Waals surface area contributed by atoms with Crippen LogP contribution in [0.1, 0.15) is 42.3 Å². The molecule has 4 heterocycles. The normalized spacial score (nSPS) is 15.1. The van der Waals surface area contributed by atoms with Gasteiger partial charge in [-0.1, -0.05) is 35.9 Å². The van der Waals surface area contributed by atoms with Crippen LogP contribution in [0.25, 0.3) is 16.5 Å². The third-order valence-electron chi connectivity index (χ3n) is 8.78. The molecule has 3 N–H and O–H groups in total. The summed E-state index contributed by atoms with van der Waals surface area (Å²) < 4.78 is 38.3. The van der Waals surface area contributed by atoms with Gasteiger partial charge in [-0.3, -0.25) is 19.8 Å². The number of aromatic nitrogens is 3. The number of fused-ring (bicyclic) bond motifs is 1. The molecule has 2 aromatic heterocycles. The van der Waals surface area contributed by atoms with Crippen molar-refractivity contribution in [3.63, 3.8) is 0 Å². The van der Waals surface area contributed by atoms with E-state index in [9.17, 15) is 13.6 Å². The first-order valence-corrected chi connectivity index (χ1v) is 17.7. The minimum absolute atomic E-state index is 0.101. The molecule has 7 rings (SSSR count). The van der Waals surface area contributed by atoms with Crippen LogP contribution in [0.5, 0.6) is 5.88 Å². The second-order valence-electron chi connectivity index (χ2n) is 12.7. The molecule has 1 amide bonds. The molecule has 5 aromatic rings. The average Bonchev–Trinajstić information content (AvgIpc) is 3.54. The number of H-pyrrole nitrogens is 1. The molecule has 53 heavy (non-hydrogen) atoms. The van der Waals surface area contributed by atoms with Crippen LogP contribution in [0.3, 0.4) is 0 Å². The summed E-state index contributed by atoms with van der Waals surface area (Å²) in [5.41, 5.74) is 6.96. The first-order valence-electron chi connectivity index (χ1n) is 17.4. The van der Waals surface area contributed by atoms with Crippen molar-refractivity contribution >= 4 is 58.3 Å². The predicted molar refractivity (Wildman–Crippen MR) is 208 cm³/mol. The standard InChI is InChI=1S/C27H28ClFN4O.C9H8FN3O.C4H8O/c1-19-6-9-25(26(16-19)30-2)31-12-15-33-13-10-20(11-14-33)24-4-3-5-27(32-24)34-18-21-7-8-22(28)17-23(21)29;1-5-8-6(13-12-5)2-3-7(9(8)10)11-4-14;1-4-2-3-5-4/h3-10,16-17,31H,2,11-15,18H2,1H3;2-4H,1H3,(H,11,14)(H,12,13);4H,2-3H2,1H3/t;;4-/m..1/s1. The van der Waals surface area contributed by atoms with Crippen molar-refractivity contribution in [2.45, 2.75) is 46.3 Å². The van der Waals surface area contributed by atoms with E-state index in [2.05, 4.69) is 67.6 Å². The fourth-order valence-electron chi connectivity index (χ4n) is 5.63. The Morgan fingerprint density at radius 2 is 1.92 bits per heavy atom. The van der Waals surface area contributed by atoms with Gasteiger partial charge in [0, 0.05) is 55.1 Å². The van der Waals surface area contributed by atoms with Gasteiger partial charge >= 0.3 is 0 Å². The Morgan fingerprint density at radius 1 is 1.13 bits per heavy atom. The zero-order chi connectivity index (χ0) is 37.7. The number of nitrogens with zero attached hydrogens (tertiary/aromatic N) is 4. The number of ether oxygens (including phenoxy) is 2. The number of pyridine rings is 1. The van der Waals surface area contributed by atoms with Gasteiger partial charge in [0.05, 0.1) is 39.8 Å². The number of benzene rings is 3. The highest BCUT2D eigenvalue weighted by atomic mass is 35.5. The molecule has 3 aromatic carbocycles. The van der Waals surface area contributed by atoms with Crippen molar-refractivity contribution in [3.8, 4) is 5.88 Å². The zero-order valence-corrected chi connectivity index (χ0v) is 30.9. The molecule has 0 aliphatic carbocycles. The van der Waals surface area contributed by atoms with Gasteiger partial charge < -0.3 is 20.1 Å². The Labute approximate surface area is 313 Å². The summed E-state index contributed by atoms with van der Waals surface area (Å²) in [7, 11) is 0. The quantitative estimate of drug-likeness (QED) is 0.0916. The van der Waals surface area contributed by atoms with E-state index >= 15 is 0 Å². The maximum Gasteiger partial charge on any atom is 0.214 e. The highest BCUT2D eigenvalue weighted by molar-refractivity contribution is 6.30. The molecule has 0 spiro atoms. The van der Waals surface area contributed by atoms with Crippen molar-refractivity contribution in [1.29, 1.82) is 0 Å². The van der Waals surface area contributed by atoms with Crippen LogP contribution < -0.4 is 15.4 Å². The van der Waals surface area contributed by atoms with Gasteiger partial charge in [0.15, 0.2) is 5.82 Å². The number of hydrogen-bond donors (Lipinski definition) is 3. The Kier molecular flexibility index (Phi) is 14.0. The minimum atomic E-state index is -0.458. The van der Waals surface area contributed by atoms with E-state index in [1.54, 1.807) is 31.2 Å². The molecule has 10 nitrogen and oxygen atoms in total. The number of halogens is 3. The Hall–Kier alpha value is -5.17. The average molecular weight is 744 g/mol. The van der Waals surface area contributed by atoms with Gasteiger partial charge in [0.1, 0.15) is 12.4 Å². The van der Waals surface area contributed by atoms with Gasteiger partial charge in [-0.2, -0.15) is 5.10 Å². The van der Waals surface area contributed by atoms with E-state index in [0.717, 1.165) is 56.3 Å². The molecule has 278 valence electrons. The van der Waals surface area contributed by atoms with Gasteiger partial charge in [0.25, 0.3) is 0 Å². The number of aromatic amines is 1. The molecule has 13 heteroatoms. The molecular formula is C40H44ClF2N7O3. The zero-order valence-electron chi connectivity index (χ0n) is 30.1. The van der Waals surface area contributed by atoms with Crippen LogP contribution in [-0.2, 0) is 16.1 Å². The molecule has 0 radical (unpaired) electrons. The first-order chi connectivity index (χ1) is 25.6. The van der Waals surface area contributed by atoms with E-state index in [4.69, 9.17) is 21.1 Å². The number of carbonyl (C=O) groups is 1. The summed E-state index contributed by atoms with van der Waals surface area (Å²) in [4.78, 5) is 21.3. The molecule has 0 unspecified atom stereocenters. The topological polar surface area (TPSA) is 117 Å². The minimum Gasteiger partial charge on any atom is -0.473 e. The van der Waals surface area contributed by atoms with Gasteiger partial charge in [-0.25, -0.2) is 13.8 Å². The summed E-state index contributed by atoms with van der Waals surface area (Å²) in [5, 5.41) is 13.1. The Bertz CT molecular complexity index is 2050. The van der Waals surface area contributed by atoms with Crippen LogP contribution in [-0.4, -0.2) is 72.1 Å². The second kappa shape index (κ2) is 19.1. The fraction of sp³-hybridized carbons (Fsp3) is 0.300. The summed E-state index contributed by atoms with van der Waals surface area (Å²) in [6, 6.07) is 19.5. The van der Waals surface area contributed by atoms with E-state index in [0.29, 0.717) is 45.6 Å². The lowest BCUT2D eigenvalue weighted by Crippen LogP contribution is -2.32. The van der Waals surface area contributed by atoms with Crippen molar-refractivity contribution < 1.29 is 23.0 Å². The van der Waals surface area contributed by atoms with Crippen molar-refractivity contribution in [2.24, 2.45) is 4.99 Å². The largest absolute Gasteiger partial charge is 0.473 e. The monoisotopic (exact) mass is 743 g/mol. The number of carbonyl (C=O) groups excluding carboxylic acids is 1. The molecule has 2 aliphatic rings. The van der Waals surface area contributed by atoms with Crippen molar-refractivity contribution in [3.05, 3.63) is 112 Å². The lowest BCUT2D eigenvalue weighted by atomic mass is 10.0. The SMILES string of the molecule is C=Nc1cc(C)ccc1NCCN1CC=C(c2cccc(OCc3ccc(Cl)cc3F)n2)CC1.C[C@@H]1CCO1.Cc1[nH]nc2ccc(NC=O)c(F)c12. The summed E-state index contributed by atoms with van der Waals surface area (Å²) >= 11 is 5.81. The number of hydrogen-bond acceptors (Lipinski definition) is 8. The molecule has 0 saturated carbocycles. The van der Waals surface area contributed by atoms with Gasteiger partial charge in [-0.15, -0.1) is 0 Å². The first kappa shape index (κ1) is 39.0. The van der Waals surface area contributed by atoms with E-state index < -0.39 is 5.82 Å². The van der Waals surface area contributed by atoms with E-state index in [1.165, 1.54) is 29.7 Å². The molecule has 0 bridgehead atoms. The maximum absolute atomic E-state index is 14.0. The van der Waals surface area contributed by atoms with Crippen LogP contribution in [0.2, 0.25) is 5.02 Å². The number of anilines is 2.